The van der Waals surface area contributed by atoms with Gasteiger partial charge in [0.15, 0.2) is 11.5 Å². The van der Waals surface area contributed by atoms with Gasteiger partial charge in [-0.25, -0.2) is 8.42 Å². The van der Waals surface area contributed by atoms with Crippen LogP contribution in [0.25, 0.3) is 0 Å². The highest BCUT2D eigenvalue weighted by Gasteiger charge is 2.27. The van der Waals surface area contributed by atoms with Crippen LogP contribution in [0.4, 0.5) is 0 Å². The molecule has 0 N–H and O–H groups in total. The summed E-state index contributed by atoms with van der Waals surface area (Å²) in [6.45, 7) is 0.830. The number of halogens is 1. The zero-order chi connectivity index (χ0) is 14.8. The van der Waals surface area contributed by atoms with E-state index < -0.39 is 10.0 Å². The summed E-state index contributed by atoms with van der Waals surface area (Å²) in [5.74, 6) is 1.36. The Hall–Kier alpha value is -0.980. The molecule has 0 unspecified atom stereocenters. The van der Waals surface area contributed by atoms with Gasteiger partial charge < -0.3 is 9.47 Å². The van der Waals surface area contributed by atoms with Crippen LogP contribution in [0.5, 0.6) is 11.5 Å². The van der Waals surface area contributed by atoms with E-state index >= 15 is 0 Å². The Morgan fingerprint density at radius 3 is 2.35 bits per heavy atom. The van der Waals surface area contributed by atoms with Gasteiger partial charge in [-0.2, -0.15) is 4.31 Å². The molecule has 0 saturated heterocycles. The second-order valence-corrected chi connectivity index (χ2v) is 7.03. The molecule has 0 aliphatic carbocycles. The molecule has 0 aromatic heterocycles. The quantitative estimate of drug-likeness (QED) is 0.774. The maximum atomic E-state index is 12.1. The lowest BCUT2D eigenvalue weighted by Crippen LogP contribution is -2.37. The third-order valence-corrected chi connectivity index (χ3v) is 5.64. The summed E-state index contributed by atoms with van der Waals surface area (Å²) in [6.07, 6.45) is 0.664. The number of sulfonamides is 1. The van der Waals surface area contributed by atoms with Gasteiger partial charge in [0.05, 0.1) is 20.0 Å². The third kappa shape index (κ3) is 3.02. The maximum Gasteiger partial charge on any atom is 0.215 e. The standard InChI is InChI=1S/C13H18ClNO4S/c1-18-12-7-10-3-5-15(20(16,17)6-4-14)9-11(10)8-13(12)19-2/h7-8H,3-6,9H2,1-2H3. The van der Waals surface area contributed by atoms with Gasteiger partial charge in [-0.15, -0.1) is 11.6 Å². The fourth-order valence-electron chi connectivity index (χ4n) is 2.32. The summed E-state index contributed by atoms with van der Waals surface area (Å²) in [4.78, 5) is 0. The smallest absolute Gasteiger partial charge is 0.215 e. The van der Waals surface area contributed by atoms with Crippen molar-refractivity contribution < 1.29 is 17.9 Å². The fraction of sp³-hybridized carbons (Fsp3) is 0.538. The molecule has 1 heterocycles. The van der Waals surface area contributed by atoms with E-state index in [2.05, 4.69) is 0 Å². The summed E-state index contributed by atoms with van der Waals surface area (Å²) in [5.41, 5.74) is 2.05. The average molecular weight is 320 g/mol. The molecule has 1 aromatic carbocycles. The second kappa shape index (κ2) is 6.20. The predicted molar refractivity (Wildman–Crippen MR) is 78.2 cm³/mol. The highest BCUT2D eigenvalue weighted by Crippen LogP contribution is 2.33. The number of hydrogen-bond acceptors (Lipinski definition) is 4. The Balaban J connectivity index is 2.30. The van der Waals surface area contributed by atoms with Crippen LogP contribution in [-0.4, -0.2) is 45.1 Å². The molecular formula is C13H18ClNO4S. The number of benzene rings is 1. The molecule has 7 heteroatoms. The van der Waals surface area contributed by atoms with E-state index in [1.54, 1.807) is 14.2 Å². The van der Waals surface area contributed by atoms with Gasteiger partial charge in [-0.1, -0.05) is 0 Å². The Bertz CT molecular complexity index is 588. The van der Waals surface area contributed by atoms with Gasteiger partial charge in [0.2, 0.25) is 10.0 Å². The van der Waals surface area contributed by atoms with Crippen LogP contribution in [0.3, 0.4) is 0 Å². The first-order valence-electron chi connectivity index (χ1n) is 6.29. The van der Waals surface area contributed by atoms with E-state index in [1.807, 2.05) is 12.1 Å². The van der Waals surface area contributed by atoms with Crippen LogP contribution < -0.4 is 9.47 Å². The minimum Gasteiger partial charge on any atom is -0.493 e. The van der Waals surface area contributed by atoms with Gasteiger partial charge in [0.1, 0.15) is 0 Å². The lowest BCUT2D eigenvalue weighted by atomic mass is 10.0. The summed E-state index contributed by atoms with van der Waals surface area (Å²) >= 11 is 5.55. The Labute approximate surface area is 124 Å². The van der Waals surface area contributed by atoms with E-state index in [-0.39, 0.29) is 11.6 Å². The largest absolute Gasteiger partial charge is 0.493 e. The van der Waals surface area contributed by atoms with E-state index in [9.17, 15) is 8.42 Å². The Morgan fingerprint density at radius 1 is 1.20 bits per heavy atom. The first-order valence-corrected chi connectivity index (χ1v) is 8.43. The number of alkyl halides is 1. The molecule has 2 rings (SSSR count). The molecule has 0 amide bonds. The van der Waals surface area contributed by atoms with Crippen molar-refractivity contribution in [1.82, 2.24) is 4.31 Å². The van der Waals surface area contributed by atoms with Crippen molar-refractivity contribution in [3.63, 3.8) is 0 Å². The molecule has 0 radical (unpaired) electrons. The maximum absolute atomic E-state index is 12.1. The fourth-order valence-corrected chi connectivity index (χ4v) is 4.06. The van der Waals surface area contributed by atoms with Crippen molar-refractivity contribution in [3.05, 3.63) is 23.3 Å². The normalized spacial score (nSPS) is 15.8. The monoisotopic (exact) mass is 319 g/mol. The van der Waals surface area contributed by atoms with E-state index in [1.165, 1.54) is 4.31 Å². The van der Waals surface area contributed by atoms with Gasteiger partial charge in [0, 0.05) is 19.0 Å². The summed E-state index contributed by atoms with van der Waals surface area (Å²) in [5, 5.41) is 0. The summed E-state index contributed by atoms with van der Waals surface area (Å²) < 4.78 is 36.1. The average Bonchev–Trinajstić information content (AvgIpc) is 2.45. The van der Waals surface area contributed by atoms with Crippen LogP contribution >= 0.6 is 11.6 Å². The third-order valence-electron chi connectivity index (χ3n) is 3.41. The molecule has 5 nitrogen and oxygen atoms in total. The van der Waals surface area contributed by atoms with Crippen LogP contribution in [0.15, 0.2) is 12.1 Å². The highest BCUT2D eigenvalue weighted by molar-refractivity contribution is 7.89. The molecular weight excluding hydrogens is 302 g/mol. The van der Waals surface area contributed by atoms with Crippen molar-refractivity contribution in [1.29, 1.82) is 0 Å². The van der Waals surface area contributed by atoms with Crippen molar-refractivity contribution in [2.24, 2.45) is 0 Å². The minimum atomic E-state index is -3.28. The molecule has 112 valence electrons. The molecule has 0 spiro atoms. The van der Waals surface area contributed by atoms with Gasteiger partial charge >= 0.3 is 0 Å². The van der Waals surface area contributed by atoms with E-state index in [4.69, 9.17) is 21.1 Å². The molecule has 0 saturated carbocycles. The molecule has 1 aliphatic heterocycles. The lowest BCUT2D eigenvalue weighted by molar-refractivity contribution is 0.348. The molecule has 1 aliphatic rings. The number of nitrogens with zero attached hydrogens (tertiary/aromatic N) is 1. The molecule has 0 atom stereocenters. The SMILES string of the molecule is COc1cc2c(cc1OC)CN(S(=O)(=O)CCCl)CC2. The van der Waals surface area contributed by atoms with Crippen LogP contribution in [-0.2, 0) is 23.0 Å². The van der Waals surface area contributed by atoms with E-state index in [0.717, 1.165) is 11.1 Å². The van der Waals surface area contributed by atoms with E-state index in [0.29, 0.717) is 31.0 Å². The first-order chi connectivity index (χ1) is 9.51. The van der Waals surface area contributed by atoms with Gasteiger partial charge in [-0.3, -0.25) is 0 Å². The number of fused-ring (bicyclic) bond motifs is 1. The van der Waals surface area contributed by atoms with Crippen molar-refractivity contribution >= 4 is 21.6 Å². The molecule has 1 aromatic rings. The van der Waals surface area contributed by atoms with Gasteiger partial charge in [-0.05, 0) is 29.7 Å². The zero-order valence-corrected chi connectivity index (χ0v) is 13.1. The second-order valence-electron chi connectivity index (χ2n) is 4.56. The Kier molecular flexibility index (Phi) is 4.78. The van der Waals surface area contributed by atoms with Crippen LogP contribution in [0.2, 0.25) is 0 Å². The minimum absolute atomic E-state index is 0.0306. The lowest BCUT2D eigenvalue weighted by Gasteiger charge is -2.28. The number of ether oxygens (including phenoxy) is 2. The Morgan fingerprint density at radius 2 is 1.80 bits per heavy atom. The summed E-state index contributed by atoms with van der Waals surface area (Å²) in [6, 6.07) is 3.76. The predicted octanol–water partition coefficient (Wildman–Crippen LogP) is 1.63. The van der Waals surface area contributed by atoms with Crippen molar-refractivity contribution in [2.75, 3.05) is 32.4 Å². The van der Waals surface area contributed by atoms with Gasteiger partial charge in [0.25, 0.3) is 0 Å². The van der Waals surface area contributed by atoms with Crippen LogP contribution in [0.1, 0.15) is 11.1 Å². The number of hydrogen-bond donors (Lipinski definition) is 0. The topological polar surface area (TPSA) is 55.8 Å². The highest BCUT2D eigenvalue weighted by atomic mass is 35.5. The van der Waals surface area contributed by atoms with Crippen LogP contribution in [0, 0.1) is 0 Å². The molecule has 0 fully saturated rings. The molecule has 0 bridgehead atoms. The number of methoxy groups -OCH3 is 2. The zero-order valence-electron chi connectivity index (χ0n) is 11.6. The summed E-state index contributed by atoms with van der Waals surface area (Å²) in [7, 11) is -0.130. The first kappa shape index (κ1) is 15.4. The molecule has 20 heavy (non-hydrogen) atoms. The van der Waals surface area contributed by atoms with Crippen molar-refractivity contribution in [3.8, 4) is 11.5 Å². The number of rotatable bonds is 5. The van der Waals surface area contributed by atoms with Crippen molar-refractivity contribution in [2.45, 2.75) is 13.0 Å².